The number of nitrogens with zero attached hydrogens (tertiary/aromatic N) is 7. The zero-order chi connectivity index (χ0) is 17.4. The van der Waals surface area contributed by atoms with E-state index in [4.69, 9.17) is 0 Å². The Bertz CT molecular complexity index is 760. The molecule has 1 saturated heterocycles. The van der Waals surface area contributed by atoms with Crippen LogP contribution in [0.4, 0.5) is 10.5 Å². The molecule has 0 radical (unpaired) electrons. The quantitative estimate of drug-likeness (QED) is 0.461. The number of nitro benzene ring substituents is 1. The molecular weight excluding hydrogens is 318 g/mol. The fourth-order valence-corrected chi connectivity index (χ4v) is 2.43. The van der Waals surface area contributed by atoms with Gasteiger partial charge in [-0.05, 0) is 17.7 Å². The third-order valence-electron chi connectivity index (χ3n) is 3.78. The second kappa shape index (κ2) is 5.68. The normalized spacial score (nSPS) is 23.3. The number of carbonyl (C=O) groups excluding carboxylic acids is 2. The zero-order valence-electron chi connectivity index (χ0n) is 12.8. The van der Waals surface area contributed by atoms with Gasteiger partial charge in [-0.15, -0.1) is 5.12 Å². The van der Waals surface area contributed by atoms with Gasteiger partial charge in [0.05, 0.1) is 11.1 Å². The maximum Gasteiger partial charge on any atom is 0.328 e. The molecule has 0 aliphatic carbocycles. The van der Waals surface area contributed by atoms with Crippen LogP contribution in [0.1, 0.15) is 5.56 Å². The number of carbonyl (C=O) groups is 2. The average molecular weight is 331 g/mol. The lowest BCUT2D eigenvalue weighted by Gasteiger charge is -2.37. The third-order valence-corrected chi connectivity index (χ3v) is 3.78. The number of rotatable bonds is 3. The second-order valence-electron chi connectivity index (χ2n) is 5.27. The number of hydrogen-bond donors (Lipinski definition) is 0. The minimum absolute atomic E-state index is 0.0284. The van der Waals surface area contributed by atoms with Crippen LogP contribution in [0.15, 0.2) is 39.7 Å². The molecule has 1 aromatic rings. The highest BCUT2D eigenvalue weighted by atomic mass is 16.6. The maximum atomic E-state index is 12.1. The molecular formula is C13H13N7O4. The van der Waals surface area contributed by atoms with Gasteiger partial charge in [-0.2, -0.15) is 10.2 Å². The Kier molecular flexibility index (Phi) is 3.67. The number of non-ortho nitro benzene ring substituents is 1. The Morgan fingerprint density at radius 2 is 1.92 bits per heavy atom. The van der Waals surface area contributed by atoms with Crippen LogP contribution in [-0.2, 0) is 4.79 Å². The summed E-state index contributed by atoms with van der Waals surface area (Å²) in [7, 11) is 2.92. The molecule has 0 saturated carbocycles. The number of urea groups is 1. The van der Waals surface area contributed by atoms with Crippen molar-refractivity contribution in [1.82, 2.24) is 14.9 Å². The van der Waals surface area contributed by atoms with E-state index in [1.165, 1.54) is 54.6 Å². The number of benzene rings is 1. The second-order valence-corrected chi connectivity index (χ2v) is 5.27. The first-order chi connectivity index (χ1) is 11.4. The maximum absolute atomic E-state index is 12.1. The number of hydrogen-bond acceptors (Lipinski definition) is 8. The van der Waals surface area contributed by atoms with Crippen LogP contribution < -0.4 is 0 Å². The van der Waals surface area contributed by atoms with Crippen molar-refractivity contribution in [2.24, 2.45) is 15.4 Å². The summed E-state index contributed by atoms with van der Waals surface area (Å²) < 4.78 is 0. The van der Waals surface area contributed by atoms with E-state index in [9.17, 15) is 19.7 Å². The van der Waals surface area contributed by atoms with Gasteiger partial charge < -0.3 is 4.90 Å². The fraction of sp³-hybridized carbons (Fsp3) is 0.308. The largest absolute Gasteiger partial charge is 0.328 e. The molecule has 3 amide bonds. The van der Waals surface area contributed by atoms with Crippen molar-refractivity contribution in [1.29, 1.82) is 0 Å². The molecule has 2 unspecified atom stereocenters. The molecule has 11 heteroatoms. The topological polar surface area (TPSA) is 124 Å². The number of nitro groups is 1. The van der Waals surface area contributed by atoms with Crippen LogP contribution in [0.2, 0.25) is 0 Å². The number of fused-ring (bicyclic) bond motifs is 1. The zero-order valence-corrected chi connectivity index (χ0v) is 12.8. The number of likely N-dealkylation sites (N-methyl/N-ethyl adjacent to an activating group) is 2. The SMILES string of the molecule is CN1C(=O)C2N=NN(N=Cc3ccc([N+](=O)[O-])cc3)C2N(C)C1=O. The molecule has 1 aromatic carbocycles. The third kappa shape index (κ3) is 2.45. The minimum atomic E-state index is -0.827. The smallest absolute Gasteiger partial charge is 0.301 e. The Morgan fingerprint density at radius 3 is 2.54 bits per heavy atom. The average Bonchev–Trinajstić information content (AvgIpc) is 3.00. The summed E-state index contributed by atoms with van der Waals surface area (Å²) in [6.07, 6.45) is 0.696. The van der Waals surface area contributed by atoms with Gasteiger partial charge in [0.2, 0.25) is 0 Å². The van der Waals surface area contributed by atoms with Gasteiger partial charge in [-0.25, -0.2) is 4.79 Å². The highest BCUT2D eigenvalue weighted by Gasteiger charge is 2.50. The van der Waals surface area contributed by atoms with Gasteiger partial charge in [0, 0.05) is 26.2 Å². The first-order valence-corrected chi connectivity index (χ1v) is 6.93. The Hall–Kier alpha value is -3.37. The van der Waals surface area contributed by atoms with Crippen LogP contribution in [0, 0.1) is 10.1 Å². The summed E-state index contributed by atoms with van der Waals surface area (Å²) in [6, 6.07) is 4.47. The van der Waals surface area contributed by atoms with Crippen LogP contribution in [0.25, 0.3) is 0 Å². The van der Waals surface area contributed by atoms with Crippen LogP contribution in [0.5, 0.6) is 0 Å². The summed E-state index contributed by atoms with van der Waals surface area (Å²) in [5.41, 5.74) is 0.576. The summed E-state index contributed by atoms with van der Waals surface area (Å²) >= 11 is 0. The van der Waals surface area contributed by atoms with Gasteiger partial charge in [-0.1, -0.05) is 5.22 Å². The molecule has 124 valence electrons. The molecule has 2 heterocycles. The van der Waals surface area contributed by atoms with Gasteiger partial charge in [-0.3, -0.25) is 19.8 Å². The van der Waals surface area contributed by atoms with Crippen molar-refractivity contribution in [3.63, 3.8) is 0 Å². The molecule has 0 spiro atoms. The van der Waals surface area contributed by atoms with Crippen molar-refractivity contribution in [3.05, 3.63) is 39.9 Å². The van der Waals surface area contributed by atoms with E-state index in [0.29, 0.717) is 5.56 Å². The first-order valence-electron chi connectivity index (χ1n) is 6.93. The van der Waals surface area contributed by atoms with Crippen LogP contribution in [-0.4, -0.2) is 64.3 Å². The monoisotopic (exact) mass is 331 g/mol. The summed E-state index contributed by atoms with van der Waals surface area (Å²) in [4.78, 5) is 36.5. The molecule has 2 aliphatic heterocycles. The van der Waals surface area contributed by atoms with Crippen LogP contribution >= 0.6 is 0 Å². The van der Waals surface area contributed by atoms with Gasteiger partial charge >= 0.3 is 6.03 Å². The lowest BCUT2D eigenvalue weighted by atomic mass is 10.1. The van der Waals surface area contributed by atoms with E-state index in [-0.39, 0.29) is 5.69 Å². The molecule has 0 N–H and O–H groups in total. The Balaban J connectivity index is 1.78. The molecule has 0 aromatic heterocycles. The van der Waals surface area contributed by atoms with E-state index < -0.39 is 29.1 Å². The molecule has 0 bridgehead atoms. The Labute approximate surface area is 136 Å². The molecule has 24 heavy (non-hydrogen) atoms. The van der Waals surface area contributed by atoms with E-state index in [0.717, 1.165) is 4.90 Å². The standard InChI is InChI=1S/C13H13N7O4/c1-17-11-10(12(21)18(2)13(17)22)15-16-19(11)14-7-8-3-5-9(6-4-8)20(23)24/h3-7,10-11H,1-2H3. The molecule has 1 fully saturated rings. The molecule has 11 nitrogen and oxygen atoms in total. The molecule has 2 atom stereocenters. The lowest BCUT2D eigenvalue weighted by molar-refractivity contribution is -0.384. The minimum Gasteiger partial charge on any atom is -0.301 e. The summed E-state index contributed by atoms with van der Waals surface area (Å²) in [5.74, 6) is -0.445. The van der Waals surface area contributed by atoms with Crippen molar-refractivity contribution in [2.75, 3.05) is 14.1 Å². The van der Waals surface area contributed by atoms with Gasteiger partial charge in [0.15, 0.2) is 12.2 Å². The van der Waals surface area contributed by atoms with Gasteiger partial charge in [0.1, 0.15) is 0 Å². The van der Waals surface area contributed by atoms with E-state index >= 15 is 0 Å². The predicted octanol–water partition coefficient (Wildman–Crippen LogP) is 0.830. The number of imide groups is 1. The van der Waals surface area contributed by atoms with E-state index in [1.54, 1.807) is 0 Å². The summed E-state index contributed by atoms with van der Waals surface area (Å²) in [5, 5.41) is 23.6. The van der Waals surface area contributed by atoms with E-state index in [2.05, 4.69) is 15.4 Å². The number of hydrazone groups is 1. The van der Waals surface area contributed by atoms with Crippen molar-refractivity contribution in [3.8, 4) is 0 Å². The van der Waals surface area contributed by atoms with E-state index in [1.807, 2.05) is 0 Å². The Morgan fingerprint density at radius 1 is 1.25 bits per heavy atom. The van der Waals surface area contributed by atoms with Crippen molar-refractivity contribution < 1.29 is 14.5 Å². The fourth-order valence-electron chi connectivity index (χ4n) is 2.43. The number of amides is 3. The molecule has 3 rings (SSSR count). The predicted molar refractivity (Wildman–Crippen MR) is 80.9 cm³/mol. The summed E-state index contributed by atoms with van der Waals surface area (Å²) in [6.45, 7) is 0. The first kappa shape index (κ1) is 15.5. The highest BCUT2D eigenvalue weighted by molar-refractivity contribution is 6.00. The van der Waals surface area contributed by atoms with Crippen LogP contribution in [0.3, 0.4) is 0 Å². The van der Waals surface area contributed by atoms with Crippen molar-refractivity contribution in [2.45, 2.75) is 12.2 Å². The van der Waals surface area contributed by atoms with Gasteiger partial charge in [0.25, 0.3) is 11.6 Å². The highest BCUT2D eigenvalue weighted by Crippen LogP contribution is 2.27. The molecule has 2 aliphatic rings. The lowest BCUT2D eigenvalue weighted by Crippen LogP contribution is -2.63. The van der Waals surface area contributed by atoms with Crippen molar-refractivity contribution >= 4 is 23.8 Å².